The monoisotopic (exact) mass is 238 g/mol. The summed E-state index contributed by atoms with van der Waals surface area (Å²) in [5, 5.41) is 5.46. The van der Waals surface area contributed by atoms with Crippen molar-refractivity contribution in [3.05, 3.63) is 0 Å². The molecule has 2 fully saturated rings. The molecule has 0 aliphatic carbocycles. The van der Waals surface area contributed by atoms with Crippen LogP contribution in [0.15, 0.2) is 0 Å². The van der Waals surface area contributed by atoms with Gasteiger partial charge in [0.1, 0.15) is 0 Å². The third kappa shape index (κ3) is 2.85. The molecule has 3 unspecified atom stereocenters. The Morgan fingerprint density at radius 1 is 1.00 bits per heavy atom. The van der Waals surface area contributed by atoms with Crippen LogP contribution >= 0.6 is 0 Å². The Labute approximate surface area is 107 Å². The molecule has 2 aliphatic rings. The van der Waals surface area contributed by atoms with Crippen LogP contribution in [0.4, 0.5) is 0 Å². The minimum Gasteiger partial charge on any atom is -0.238 e. The summed E-state index contributed by atoms with van der Waals surface area (Å²) in [5.74, 6) is 0.904. The van der Waals surface area contributed by atoms with Crippen molar-refractivity contribution < 1.29 is 0 Å². The lowest BCUT2D eigenvalue weighted by Crippen LogP contribution is -2.60. The fourth-order valence-electron chi connectivity index (χ4n) is 4.12. The summed E-state index contributed by atoms with van der Waals surface area (Å²) in [6.45, 7) is 10.9. The molecule has 100 valence electrons. The van der Waals surface area contributed by atoms with Crippen molar-refractivity contribution in [2.75, 3.05) is 6.54 Å². The highest BCUT2D eigenvalue weighted by Crippen LogP contribution is 2.32. The lowest BCUT2D eigenvalue weighted by atomic mass is 9.89. The predicted molar refractivity (Wildman–Crippen MR) is 73.8 cm³/mol. The van der Waals surface area contributed by atoms with E-state index in [0.717, 1.165) is 24.0 Å². The molecule has 2 nitrogen and oxygen atoms in total. The molecule has 0 amide bonds. The van der Waals surface area contributed by atoms with Crippen LogP contribution in [0.25, 0.3) is 0 Å². The van der Waals surface area contributed by atoms with Crippen LogP contribution in [0.2, 0.25) is 0 Å². The number of hydrogen-bond donors (Lipinski definition) is 0. The van der Waals surface area contributed by atoms with E-state index in [9.17, 15) is 0 Å². The van der Waals surface area contributed by atoms with E-state index < -0.39 is 0 Å². The van der Waals surface area contributed by atoms with Gasteiger partial charge in [0.05, 0.1) is 0 Å². The van der Waals surface area contributed by atoms with Crippen molar-refractivity contribution in [1.29, 1.82) is 0 Å². The maximum atomic E-state index is 2.73. The van der Waals surface area contributed by atoms with Crippen LogP contribution in [-0.2, 0) is 0 Å². The fraction of sp³-hybridized carbons (Fsp3) is 1.00. The number of nitrogens with zero attached hydrogens (tertiary/aromatic N) is 2. The molecule has 2 rings (SSSR count). The first kappa shape index (κ1) is 13.4. The zero-order valence-corrected chi connectivity index (χ0v) is 12.2. The van der Waals surface area contributed by atoms with Crippen LogP contribution in [0.5, 0.6) is 0 Å². The van der Waals surface area contributed by atoms with Crippen LogP contribution in [-0.4, -0.2) is 34.7 Å². The Hall–Kier alpha value is -0.0800. The molecule has 0 spiro atoms. The molecule has 2 saturated heterocycles. The van der Waals surface area contributed by atoms with Gasteiger partial charge >= 0.3 is 0 Å². The third-order valence-electron chi connectivity index (χ3n) is 4.75. The first-order valence-electron chi connectivity index (χ1n) is 7.68. The molecule has 17 heavy (non-hydrogen) atoms. The average Bonchev–Trinajstić information content (AvgIpc) is 2.28. The molecular formula is C15H30N2. The van der Waals surface area contributed by atoms with E-state index in [2.05, 4.69) is 37.7 Å². The van der Waals surface area contributed by atoms with Gasteiger partial charge in [0.25, 0.3) is 0 Å². The zero-order valence-electron chi connectivity index (χ0n) is 12.2. The van der Waals surface area contributed by atoms with E-state index in [0.29, 0.717) is 0 Å². The second-order valence-corrected chi connectivity index (χ2v) is 6.38. The van der Waals surface area contributed by atoms with E-state index in [1.807, 2.05) is 0 Å². The van der Waals surface area contributed by atoms with Gasteiger partial charge in [0.2, 0.25) is 0 Å². The second kappa shape index (κ2) is 5.71. The molecule has 2 heterocycles. The highest BCUT2D eigenvalue weighted by atomic mass is 15.7. The molecule has 0 saturated carbocycles. The molecular weight excluding hydrogens is 208 g/mol. The third-order valence-corrected chi connectivity index (χ3v) is 4.75. The van der Waals surface area contributed by atoms with Gasteiger partial charge in [-0.25, -0.2) is 10.0 Å². The Balaban J connectivity index is 2.07. The zero-order chi connectivity index (χ0) is 12.4. The summed E-state index contributed by atoms with van der Waals surface area (Å²) in [7, 11) is 0. The number of rotatable bonds is 2. The predicted octanol–water partition coefficient (Wildman–Crippen LogP) is 3.67. The smallest absolute Gasteiger partial charge is 0.0243 e. The van der Waals surface area contributed by atoms with Crippen molar-refractivity contribution >= 4 is 0 Å². The van der Waals surface area contributed by atoms with Crippen LogP contribution < -0.4 is 0 Å². The fourth-order valence-corrected chi connectivity index (χ4v) is 4.12. The van der Waals surface area contributed by atoms with Gasteiger partial charge in [-0.2, -0.15) is 0 Å². The maximum absolute atomic E-state index is 2.73. The Morgan fingerprint density at radius 3 is 2.24 bits per heavy atom. The van der Waals surface area contributed by atoms with Gasteiger partial charge < -0.3 is 0 Å². The Morgan fingerprint density at radius 2 is 1.65 bits per heavy atom. The summed E-state index contributed by atoms with van der Waals surface area (Å²) in [6, 6.07) is 2.28. The molecule has 2 heteroatoms. The molecule has 2 aliphatic heterocycles. The van der Waals surface area contributed by atoms with Gasteiger partial charge in [0.15, 0.2) is 0 Å². The molecule has 3 atom stereocenters. The van der Waals surface area contributed by atoms with Crippen molar-refractivity contribution in [2.45, 2.75) is 84.3 Å². The lowest BCUT2D eigenvalue weighted by Gasteiger charge is -2.52. The quantitative estimate of drug-likeness (QED) is 0.724. The SMILES string of the molecule is CCC1CCCCN1N1C(C)CC(C)CC1C. The number of piperidine rings is 2. The first-order valence-corrected chi connectivity index (χ1v) is 7.68. The van der Waals surface area contributed by atoms with Crippen molar-refractivity contribution in [2.24, 2.45) is 5.92 Å². The van der Waals surface area contributed by atoms with Crippen molar-refractivity contribution in [3.8, 4) is 0 Å². The molecule has 0 radical (unpaired) electrons. The Kier molecular flexibility index (Phi) is 4.48. The highest BCUT2D eigenvalue weighted by Gasteiger charge is 2.36. The number of hydrogen-bond acceptors (Lipinski definition) is 2. The van der Waals surface area contributed by atoms with Crippen LogP contribution in [0, 0.1) is 5.92 Å². The average molecular weight is 238 g/mol. The first-order chi connectivity index (χ1) is 8.13. The maximum Gasteiger partial charge on any atom is 0.0243 e. The second-order valence-electron chi connectivity index (χ2n) is 6.38. The van der Waals surface area contributed by atoms with E-state index in [4.69, 9.17) is 0 Å². The minimum absolute atomic E-state index is 0.737. The summed E-state index contributed by atoms with van der Waals surface area (Å²) >= 11 is 0. The number of hydrazine groups is 1. The Bertz CT molecular complexity index is 229. The largest absolute Gasteiger partial charge is 0.238 e. The summed E-state index contributed by atoms with van der Waals surface area (Å²) in [6.07, 6.45) is 8.28. The topological polar surface area (TPSA) is 6.48 Å². The van der Waals surface area contributed by atoms with Gasteiger partial charge in [-0.15, -0.1) is 0 Å². The molecule has 0 bridgehead atoms. The summed E-state index contributed by atoms with van der Waals surface area (Å²) in [4.78, 5) is 0. The standard InChI is InChI=1S/C15H30N2/c1-5-15-8-6-7-9-16(15)17-13(3)10-12(2)11-14(17)4/h12-15H,5-11H2,1-4H3. The highest BCUT2D eigenvalue weighted by molar-refractivity contribution is 4.85. The molecule has 0 aromatic rings. The van der Waals surface area contributed by atoms with Crippen molar-refractivity contribution in [1.82, 2.24) is 10.0 Å². The molecule has 0 aromatic heterocycles. The van der Waals surface area contributed by atoms with E-state index >= 15 is 0 Å². The normalized spacial score (nSPS) is 41.6. The van der Waals surface area contributed by atoms with E-state index in [1.54, 1.807) is 0 Å². The summed E-state index contributed by atoms with van der Waals surface area (Å²) < 4.78 is 0. The van der Waals surface area contributed by atoms with Crippen LogP contribution in [0.3, 0.4) is 0 Å². The lowest BCUT2D eigenvalue weighted by molar-refractivity contribution is -0.149. The van der Waals surface area contributed by atoms with Crippen LogP contribution in [0.1, 0.15) is 66.2 Å². The van der Waals surface area contributed by atoms with Gasteiger partial charge in [-0.3, -0.25) is 0 Å². The summed E-state index contributed by atoms with van der Waals surface area (Å²) in [5.41, 5.74) is 0. The van der Waals surface area contributed by atoms with Gasteiger partial charge in [-0.1, -0.05) is 20.3 Å². The van der Waals surface area contributed by atoms with Gasteiger partial charge in [-0.05, 0) is 51.9 Å². The molecule has 0 N–H and O–H groups in total. The molecule has 0 aromatic carbocycles. The minimum atomic E-state index is 0.737. The van der Waals surface area contributed by atoms with Gasteiger partial charge in [0, 0.05) is 24.7 Å². The van der Waals surface area contributed by atoms with E-state index in [1.165, 1.54) is 45.1 Å². The van der Waals surface area contributed by atoms with Crippen molar-refractivity contribution in [3.63, 3.8) is 0 Å². The van der Waals surface area contributed by atoms with E-state index in [-0.39, 0.29) is 0 Å².